The summed E-state index contributed by atoms with van der Waals surface area (Å²) < 4.78 is 1.79. The fourth-order valence-corrected chi connectivity index (χ4v) is 3.95. The van der Waals surface area contributed by atoms with Crippen molar-refractivity contribution in [2.75, 3.05) is 16.4 Å². The maximum atomic E-state index is 12.1. The van der Waals surface area contributed by atoms with Gasteiger partial charge in [-0.05, 0) is 36.2 Å². The van der Waals surface area contributed by atoms with Crippen LogP contribution in [0.1, 0.15) is 11.1 Å². The van der Waals surface area contributed by atoms with Gasteiger partial charge in [-0.25, -0.2) is 0 Å². The van der Waals surface area contributed by atoms with Gasteiger partial charge in [0.2, 0.25) is 11.0 Å². The average Bonchev–Trinajstić information content (AvgIpc) is 3.10. The molecule has 8 heteroatoms. The van der Waals surface area contributed by atoms with Crippen LogP contribution in [-0.2, 0) is 11.3 Å². The van der Waals surface area contributed by atoms with Gasteiger partial charge in [0, 0.05) is 16.7 Å². The summed E-state index contributed by atoms with van der Waals surface area (Å²) in [5.41, 5.74) is 3.05. The number of rotatable bonds is 7. The summed E-state index contributed by atoms with van der Waals surface area (Å²) in [6, 6.07) is 15.8. The van der Waals surface area contributed by atoms with E-state index in [-0.39, 0.29) is 5.91 Å². The summed E-state index contributed by atoms with van der Waals surface area (Å²) in [7, 11) is 0. The molecule has 0 atom stereocenters. The fourth-order valence-electron chi connectivity index (χ4n) is 2.16. The Kier molecular flexibility index (Phi) is 6.65. The molecule has 3 aromatic rings. The quantitative estimate of drug-likeness (QED) is 0.500. The zero-order valence-corrected chi connectivity index (χ0v) is 17.2. The van der Waals surface area contributed by atoms with Crippen LogP contribution in [0.25, 0.3) is 0 Å². The van der Waals surface area contributed by atoms with Crippen LogP contribution in [0.15, 0.2) is 57.3 Å². The van der Waals surface area contributed by atoms with Gasteiger partial charge >= 0.3 is 0 Å². The smallest absolute Gasteiger partial charge is 0.234 e. The van der Waals surface area contributed by atoms with Crippen molar-refractivity contribution in [2.24, 2.45) is 0 Å². The van der Waals surface area contributed by atoms with Crippen molar-refractivity contribution in [3.05, 3.63) is 64.1 Å². The maximum Gasteiger partial charge on any atom is 0.234 e. The number of carbonyl (C=O) groups excluding carboxylic acids is 1. The van der Waals surface area contributed by atoms with Crippen LogP contribution < -0.4 is 10.6 Å². The monoisotopic (exact) mass is 448 g/mol. The van der Waals surface area contributed by atoms with Crippen LogP contribution in [0.3, 0.4) is 0 Å². The Hall–Kier alpha value is -1.90. The van der Waals surface area contributed by atoms with Crippen LogP contribution in [0.2, 0.25) is 0 Å². The molecule has 3 rings (SSSR count). The number of hydrogen-bond acceptors (Lipinski definition) is 6. The number of hydrogen-bond donors (Lipinski definition) is 2. The van der Waals surface area contributed by atoms with E-state index in [2.05, 4.69) is 48.9 Å². The van der Waals surface area contributed by atoms with Gasteiger partial charge in [0.05, 0.1) is 5.75 Å². The Morgan fingerprint density at radius 2 is 2.00 bits per heavy atom. The average molecular weight is 449 g/mol. The normalized spacial score (nSPS) is 10.5. The second-order valence-electron chi connectivity index (χ2n) is 5.51. The van der Waals surface area contributed by atoms with Crippen molar-refractivity contribution in [1.29, 1.82) is 0 Å². The van der Waals surface area contributed by atoms with Gasteiger partial charge in [-0.3, -0.25) is 4.79 Å². The molecule has 5 nitrogen and oxygen atoms in total. The van der Waals surface area contributed by atoms with Crippen LogP contribution in [0.5, 0.6) is 0 Å². The van der Waals surface area contributed by atoms with E-state index in [0.29, 0.717) is 12.3 Å². The van der Waals surface area contributed by atoms with E-state index in [4.69, 9.17) is 0 Å². The molecule has 0 spiro atoms. The predicted molar refractivity (Wildman–Crippen MR) is 112 cm³/mol. The number of aryl methyl sites for hydroxylation is 1. The number of halogens is 1. The molecule has 0 radical (unpaired) electrons. The molecular weight excluding hydrogens is 432 g/mol. The minimum atomic E-state index is -0.0642. The molecule has 2 N–H and O–H groups in total. The number of carbonyl (C=O) groups is 1. The van der Waals surface area contributed by atoms with E-state index >= 15 is 0 Å². The van der Waals surface area contributed by atoms with Crippen molar-refractivity contribution in [3.8, 4) is 0 Å². The molecule has 0 aliphatic rings. The second-order valence-corrected chi connectivity index (χ2v) is 8.57. The fraction of sp³-hybridized carbons (Fsp3) is 0.167. The zero-order valence-electron chi connectivity index (χ0n) is 14.0. The molecule has 1 heterocycles. The molecule has 0 aliphatic carbocycles. The number of thioether (sulfide) groups is 1. The summed E-state index contributed by atoms with van der Waals surface area (Å²) in [6.07, 6.45) is 0. The van der Waals surface area contributed by atoms with Gasteiger partial charge in [-0.1, -0.05) is 69.4 Å². The molecule has 0 saturated heterocycles. The zero-order chi connectivity index (χ0) is 18.4. The predicted octanol–water partition coefficient (Wildman–Crippen LogP) is 4.95. The van der Waals surface area contributed by atoms with Crippen LogP contribution in [0.4, 0.5) is 10.8 Å². The molecule has 26 heavy (non-hydrogen) atoms. The first-order valence-electron chi connectivity index (χ1n) is 7.90. The van der Waals surface area contributed by atoms with E-state index in [0.717, 1.165) is 25.2 Å². The first-order valence-corrected chi connectivity index (χ1v) is 10.5. The lowest BCUT2D eigenvalue weighted by molar-refractivity contribution is -0.113. The minimum absolute atomic E-state index is 0.0642. The van der Waals surface area contributed by atoms with Gasteiger partial charge in [-0.2, -0.15) is 0 Å². The van der Waals surface area contributed by atoms with Gasteiger partial charge in [0.15, 0.2) is 4.34 Å². The second kappa shape index (κ2) is 9.16. The number of benzene rings is 2. The molecule has 1 aromatic heterocycles. The number of amides is 1. The maximum absolute atomic E-state index is 12.1. The molecular formula is C18H17BrN4OS2. The van der Waals surface area contributed by atoms with Gasteiger partial charge in [0.25, 0.3) is 0 Å². The molecule has 2 aromatic carbocycles. The highest BCUT2D eigenvalue weighted by molar-refractivity contribution is 9.10. The molecule has 0 saturated carbocycles. The van der Waals surface area contributed by atoms with Crippen LogP contribution >= 0.6 is 39.0 Å². The number of nitrogens with zero attached hydrogens (tertiary/aromatic N) is 2. The van der Waals surface area contributed by atoms with Crippen molar-refractivity contribution >= 4 is 55.8 Å². The lowest BCUT2D eigenvalue weighted by Crippen LogP contribution is -2.14. The Labute approximate surface area is 168 Å². The summed E-state index contributed by atoms with van der Waals surface area (Å²) in [4.78, 5) is 12.1. The van der Waals surface area contributed by atoms with Crippen molar-refractivity contribution in [2.45, 2.75) is 17.8 Å². The van der Waals surface area contributed by atoms with Crippen molar-refractivity contribution in [1.82, 2.24) is 10.2 Å². The number of aromatic nitrogens is 2. The summed E-state index contributed by atoms with van der Waals surface area (Å²) in [5.74, 6) is 0.230. The first-order chi connectivity index (χ1) is 12.6. The standard InChI is InChI=1S/C18H17BrN4OS2/c1-12-9-14(7-8-15(12)19)21-16(24)11-25-18-23-22-17(26-18)20-10-13-5-3-2-4-6-13/h2-9H,10-11H2,1H3,(H,20,22)(H,21,24). The Balaban J connectivity index is 1.46. The lowest BCUT2D eigenvalue weighted by Gasteiger charge is -2.06. The largest absolute Gasteiger partial charge is 0.356 e. The molecule has 0 bridgehead atoms. The Morgan fingerprint density at radius 3 is 2.77 bits per heavy atom. The van der Waals surface area contributed by atoms with Gasteiger partial charge < -0.3 is 10.6 Å². The molecule has 134 valence electrons. The van der Waals surface area contributed by atoms with E-state index in [9.17, 15) is 4.79 Å². The lowest BCUT2D eigenvalue weighted by atomic mass is 10.2. The third-order valence-electron chi connectivity index (χ3n) is 3.46. The van der Waals surface area contributed by atoms with E-state index in [1.165, 1.54) is 28.7 Å². The van der Waals surface area contributed by atoms with Crippen molar-refractivity contribution < 1.29 is 4.79 Å². The number of nitrogens with one attached hydrogen (secondary N) is 2. The summed E-state index contributed by atoms with van der Waals surface area (Å²) in [5, 5.41) is 15.1. The highest BCUT2D eigenvalue weighted by Crippen LogP contribution is 2.26. The molecule has 0 unspecified atom stereocenters. The highest BCUT2D eigenvalue weighted by atomic mass is 79.9. The van der Waals surface area contributed by atoms with E-state index in [1.807, 2.05) is 43.3 Å². The van der Waals surface area contributed by atoms with Crippen LogP contribution in [0, 0.1) is 6.92 Å². The Bertz CT molecular complexity index is 886. The SMILES string of the molecule is Cc1cc(NC(=O)CSc2nnc(NCc3ccccc3)s2)ccc1Br. The first kappa shape index (κ1) is 18.9. The molecule has 0 aliphatic heterocycles. The topological polar surface area (TPSA) is 66.9 Å². The number of anilines is 2. The summed E-state index contributed by atoms with van der Waals surface area (Å²) in [6.45, 7) is 2.68. The molecule has 1 amide bonds. The van der Waals surface area contributed by atoms with Gasteiger partial charge in [0.1, 0.15) is 0 Å². The highest BCUT2D eigenvalue weighted by Gasteiger charge is 2.09. The van der Waals surface area contributed by atoms with Gasteiger partial charge in [-0.15, -0.1) is 10.2 Å². The minimum Gasteiger partial charge on any atom is -0.356 e. The van der Waals surface area contributed by atoms with Crippen molar-refractivity contribution in [3.63, 3.8) is 0 Å². The summed E-state index contributed by atoms with van der Waals surface area (Å²) >= 11 is 6.28. The third-order valence-corrected chi connectivity index (χ3v) is 6.37. The Morgan fingerprint density at radius 1 is 1.19 bits per heavy atom. The van der Waals surface area contributed by atoms with E-state index < -0.39 is 0 Å². The third kappa shape index (κ3) is 5.55. The molecule has 0 fully saturated rings. The van der Waals surface area contributed by atoms with Crippen LogP contribution in [-0.4, -0.2) is 21.9 Å². The van der Waals surface area contributed by atoms with E-state index in [1.54, 1.807) is 0 Å².